The van der Waals surface area contributed by atoms with Crippen molar-refractivity contribution in [3.8, 4) is 0 Å². The second kappa shape index (κ2) is 3.48. The Morgan fingerprint density at radius 1 is 1.82 bits per heavy atom. The average Bonchev–Trinajstić information content (AvgIpc) is 2.01. The summed E-state index contributed by atoms with van der Waals surface area (Å²) in [5.41, 5.74) is 3.61. The molecule has 0 amide bonds. The van der Waals surface area contributed by atoms with E-state index in [4.69, 9.17) is 10.8 Å². The first-order valence-electron chi connectivity index (χ1n) is 3.47. The molecular weight excluding hydrogens is 146 g/mol. The summed E-state index contributed by atoms with van der Waals surface area (Å²) in [6.45, 7) is 3.43. The molecule has 0 aromatic heterocycles. The van der Waals surface area contributed by atoms with Gasteiger partial charge in [-0.15, -0.1) is 0 Å². The van der Waals surface area contributed by atoms with Crippen molar-refractivity contribution in [3.63, 3.8) is 0 Å². The largest absolute Gasteiger partial charge is 0.480 e. The van der Waals surface area contributed by atoms with Gasteiger partial charge in [0.2, 0.25) is 0 Å². The average molecular weight is 159 g/mol. The van der Waals surface area contributed by atoms with Crippen molar-refractivity contribution in [2.24, 2.45) is 11.7 Å². The van der Waals surface area contributed by atoms with Gasteiger partial charge in [-0.25, -0.2) is 4.79 Å². The lowest BCUT2D eigenvalue weighted by atomic mass is 9.86. The Kier molecular flexibility index (Phi) is 3.19. The zero-order valence-electron chi connectivity index (χ0n) is 6.70. The number of carboxylic acids is 1. The lowest BCUT2D eigenvalue weighted by molar-refractivity contribution is -0.147. The molecule has 2 unspecified atom stereocenters. The molecule has 0 rings (SSSR count). The minimum Gasteiger partial charge on any atom is -0.480 e. The van der Waals surface area contributed by atoms with Crippen molar-refractivity contribution in [1.82, 2.24) is 0 Å². The highest BCUT2D eigenvalue weighted by Gasteiger charge is 2.38. The topological polar surface area (TPSA) is 80.4 Å². The van der Waals surface area contributed by atoms with Crippen LogP contribution in [0.25, 0.3) is 0 Å². The number of hydrogen-bond donors (Lipinski definition) is 2. The fourth-order valence-corrected chi connectivity index (χ4v) is 0.715. The van der Waals surface area contributed by atoms with Crippen LogP contribution in [0, 0.1) is 5.92 Å². The molecule has 0 aromatic carbocycles. The molecule has 0 fully saturated rings. The number of hydrogen-bond acceptors (Lipinski definition) is 3. The molecule has 0 aliphatic heterocycles. The summed E-state index contributed by atoms with van der Waals surface area (Å²) >= 11 is 0. The number of nitrogens with two attached hydrogens (primary N) is 1. The van der Waals surface area contributed by atoms with Crippen molar-refractivity contribution in [2.75, 3.05) is 0 Å². The highest BCUT2D eigenvalue weighted by Crippen LogP contribution is 2.15. The molecule has 0 spiro atoms. The number of carboxylic acid groups (broad SMARTS) is 1. The van der Waals surface area contributed by atoms with E-state index >= 15 is 0 Å². The minimum atomic E-state index is -1.71. The van der Waals surface area contributed by atoms with Crippen LogP contribution < -0.4 is 5.73 Å². The summed E-state index contributed by atoms with van der Waals surface area (Å²) in [7, 11) is 0. The van der Waals surface area contributed by atoms with Crippen LogP contribution in [-0.4, -0.2) is 22.9 Å². The Labute approximate surface area is 65.4 Å². The lowest BCUT2D eigenvalue weighted by Gasteiger charge is -2.23. The molecule has 11 heavy (non-hydrogen) atoms. The minimum absolute atomic E-state index is 0.295. The molecule has 0 saturated heterocycles. The van der Waals surface area contributed by atoms with Gasteiger partial charge < -0.3 is 15.6 Å². The molecule has 64 valence electrons. The second-order valence-corrected chi connectivity index (χ2v) is 2.67. The molecule has 0 heterocycles. The summed E-state index contributed by atoms with van der Waals surface area (Å²) in [6, 6.07) is 0. The molecule has 0 aliphatic carbocycles. The van der Waals surface area contributed by atoms with Crippen LogP contribution in [0.4, 0.5) is 0 Å². The molecule has 0 bridgehead atoms. The molecule has 4 heteroatoms. The van der Waals surface area contributed by atoms with Crippen LogP contribution in [0.15, 0.2) is 0 Å². The van der Waals surface area contributed by atoms with Crippen LogP contribution in [0.3, 0.4) is 0 Å². The first kappa shape index (κ1) is 10.1. The Morgan fingerprint density at radius 2 is 2.27 bits per heavy atom. The van der Waals surface area contributed by atoms with Gasteiger partial charge in [-0.05, 0) is 5.92 Å². The monoisotopic (exact) mass is 159 g/mol. The predicted octanol–water partition coefficient (Wildman–Crippen LogP) is 0.0135. The maximum Gasteiger partial charge on any atom is 0.331 e. The fourth-order valence-electron chi connectivity index (χ4n) is 0.715. The van der Waals surface area contributed by atoms with Gasteiger partial charge in [0.15, 0.2) is 11.8 Å². The number of rotatable bonds is 4. The van der Waals surface area contributed by atoms with Gasteiger partial charge in [0.1, 0.15) is 0 Å². The van der Waals surface area contributed by atoms with E-state index in [2.05, 4.69) is 0 Å². The number of aliphatic carboxylic acids is 1. The third kappa shape index (κ3) is 1.77. The third-order valence-corrected chi connectivity index (χ3v) is 1.99. The molecular formula is C7H13NO3. The maximum absolute atomic E-state index is 10.5. The fraction of sp³-hybridized carbons (Fsp3) is 0.714. The summed E-state index contributed by atoms with van der Waals surface area (Å²) < 4.78 is 0. The Morgan fingerprint density at radius 3 is 2.36 bits per heavy atom. The van der Waals surface area contributed by atoms with Crippen LogP contribution >= 0.6 is 0 Å². The Hall–Kier alpha value is -0.900. The SMILES string of the molecule is CCC(C)C(N)(C=O)C(=O)O. The Balaban J connectivity index is 4.58. The molecule has 2 atom stereocenters. The van der Waals surface area contributed by atoms with Crippen molar-refractivity contribution < 1.29 is 14.7 Å². The van der Waals surface area contributed by atoms with Crippen LogP contribution in [0.2, 0.25) is 0 Å². The van der Waals surface area contributed by atoms with E-state index in [0.717, 1.165) is 0 Å². The van der Waals surface area contributed by atoms with Crippen molar-refractivity contribution >= 4 is 12.3 Å². The predicted molar refractivity (Wildman–Crippen MR) is 40.1 cm³/mol. The van der Waals surface area contributed by atoms with Gasteiger partial charge in [0.25, 0.3) is 0 Å². The first-order chi connectivity index (χ1) is 4.99. The van der Waals surface area contributed by atoms with E-state index in [1.165, 1.54) is 0 Å². The molecule has 0 saturated carbocycles. The first-order valence-corrected chi connectivity index (χ1v) is 3.47. The van der Waals surface area contributed by atoms with E-state index in [1.54, 1.807) is 13.8 Å². The van der Waals surface area contributed by atoms with Gasteiger partial charge >= 0.3 is 5.97 Å². The van der Waals surface area contributed by atoms with Gasteiger partial charge in [-0.3, -0.25) is 0 Å². The highest BCUT2D eigenvalue weighted by molar-refractivity contribution is 5.97. The molecule has 0 aliphatic rings. The smallest absolute Gasteiger partial charge is 0.331 e. The zero-order valence-corrected chi connectivity index (χ0v) is 6.70. The highest BCUT2D eigenvalue weighted by atomic mass is 16.4. The van der Waals surface area contributed by atoms with Crippen molar-refractivity contribution in [2.45, 2.75) is 25.8 Å². The van der Waals surface area contributed by atoms with Gasteiger partial charge in [-0.2, -0.15) is 0 Å². The van der Waals surface area contributed by atoms with Crippen LogP contribution in [0.5, 0.6) is 0 Å². The lowest BCUT2D eigenvalue weighted by Crippen LogP contribution is -2.54. The zero-order chi connectivity index (χ0) is 9.07. The van der Waals surface area contributed by atoms with Gasteiger partial charge in [0.05, 0.1) is 0 Å². The summed E-state index contributed by atoms with van der Waals surface area (Å²) in [6.07, 6.45) is 0.866. The maximum atomic E-state index is 10.5. The molecule has 0 radical (unpaired) electrons. The van der Waals surface area contributed by atoms with Gasteiger partial charge in [-0.1, -0.05) is 20.3 Å². The van der Waals surface area contributed by atoms with E-state index in [-0.39, 0.29) is 5.92 Å². The number of aldehydes is 1. The second-order valence-electron chi connectivity index (χ2n) is 2.67. The quantitative estimate of drug-likeness (QED) is 0.447. The number of carbonyl (C=O) groups is 2. The van der Waals surface area contributed by atoms with E-state index in [0.29, 0.717) is 12.7 Å². The molecule has 3 N–H and O–H groups in total. The van der Waals surface area contributed by atoms with E-state index in [1.807, 2.05) is 0 Å². The van der Waals surface area contributed by atoms with Crippen LogP contribution in [-0.2, 0) is 9.59 Å². The third-order valence-electron chi connectivity index (χ3n) is 1.99. The van der Waals surface area contributed by atoms with E-state index < -0.39 is 11.5 Å². The Bertz CT molecular complexity index is 169. The van der Waals surface area contributed by atoms with Crippen LogP contribution in [0.1, 0.15) is 20.3 Å². The van der Waals surface area contributed by atoms with E-state index in [9.17, 15) is 9.59 Å². The van der Waals surface area contributed by atoms with Crippen molar-refractivity contribution in [1.29, 1.82) is 0 Å². The standard InChI is InChI=1S/C7H13NO3/c1-3-5(2)7(8,4-9)6(10)11/h4-5H,3,8H2,1-2H3,(H,10,11). The van der Waals surface area contributed by atoms with Crippen molar-refractivity contribution in [3.05, 3.63) is 0 Å². The summed E-state index contributed by atoms with van der Waals surface area (Å²) in [5.74, 6) is -1.60. The molecule has 4 nitrogen and oxygen atoms in total. The molecule has 0 aromatic rings. The number of carbonyl (C=O) groups excluding carboxylic acids is 1. The summed E-state index contributed by atoms with van der Waals surface area (Å²) in [4.78, 5) is 20.9. The summed E-state index contributed by atoms with van der Waals surface area (Å²) in [5, 5.41) is 8.58. The normalized spacial score (nSPS) is 18.5. The van der Waals surface area contributed by atoms with Gasteiger partial charge in [0, 0.05) is 0 Å².